The maximum Gasteiger partial charge on any atom is 0.255 e. The van der Waals surface area contributed by atoms with Gasteiger partial charge in [-0.2, -0.15) is 10.2 Å². The zero-order valence-corrected chi connectivity index (χ0v) is 18.6. The average molecular weight is 449 g/mol. The van der Waals surface area contributed by atoms with E-state index in [0.29, 0.717) is 30.9 Å². The molecule has 0 radical (unpaired) electrons. The summed E-state index contributed by atoms with van der Waals surface area (Å²) in [6, 6.07) is 28.0. The van der Waals surface area contributed by atoms with Crippen LogP contribution in [-0.2, 0) is 19.6 Å². The highest BCUT2D eigenvalue weighted by Gasteiger charge is 2.18. The van der Waals surface area contributed by atoms with Crippen LogP contribution in [0.5, 0.6) is 0 Å². The number of carbonyl (C=O) groups is 1. The molecule has 34 heavy (non-hydrogen) atoms. The van der Waals surface area contributed by atoms with E-state index in [2.05, 4.69) is 27.5 Å². The SMILES string of the molecule is O=C(NCc1ccc(Cn2cncn2)cc1)c1cn(Cc2ccccc2)nc1-c1ccccc1. The van der Waals surface area contributed by atoms with Crippen LogP contribution in [0.1, 0.15) is 27.0 Å². The average Bonchev–Trinajstić information content (AvgIpc) is 3.55. The van der Waals surface area contributed by atoms with E-state index < -0.39 is 0 Å². The summed E-state index contributed by atoms with van der Waals surface area (Å²) < 4.78 is 3.60. The molecule has 0 spiro atoms. The van der Waals surface area contributed by atoms with Gasteiger partial charge in [0.2, 0.25) is 0 Å². The van der Waals surface area contributed by atoms with E-state index in [1.165, 1.54) is 6.33 Å². The van der Waals surface area contributed by atoms with E-state index in [1.54, 1.807) is 11.0 Å². The van der Waals surface area contributed by atoms with Crippen molar-refractivity contribution in [3.63, 3.8) is 0 Å². The molecule has 168 valence electrons. The van der Waals surface area contributed by atoms with Crippen LogP contribution < -0.4 is 5.32 Å². The van der Waals surface area contributed by atoms with Crippen LogP contribution in [0.3, 0.4) is 0 Å². The van der Waals surface area contributed by atoms with Crippen molar-refractivity contribution in [2.75, 3.05) is 0 Å². The Morgan fingerprint density at radius 1 is 0.765 bits per heavy atom. The number of hydrogen-bond acceptors (Lipinski definition) is 4. The molecule has 0 atom stereocenters. The zero-order valence-electron chi connectivity index (χ0n) is 18.6. The van der Waals surface area contributed by atoms with Crippen molar-refractivity contribution in [1.29, 1.82) is 0 Å². The van der Waals surface area contributed by atoms with Gasteiger partial charge in [0.1, 0.15) is 18.3 Å². The third-order valence-electron chi connectivity index (χ3n) is 5.53. The summed E-state index contributed by atoms with van der Waals surface area (Å²) in [6.45, 7) is 1.69. The summed E-state index contributed by atoms with van der Waals surface area (Å²) in [5.41, 5.74) is 5.42. The van der Waals surface area contributed by atoms with Crippen molar-refractivity contribution in [3.8, 4) is 11.3 Å². The third kappa shape index (κ3) is 5.10. The lowest BCUT2D eigenvalue weighted by molar-refractivity contribution is 0.0951. The van der Waals surface area contributed by atoms with Gasteiger partial charge in [-0.1, -0.05) is 84.9 Å². The minimum atomic E-state index is -0.148. The zero-order chi connectivity index (χ0) is 23.2. The molecule has 2 aromatic heterocycles. The van der Waals surface area contributed by atoms with Crippen molar-refractivity contribution in [2.24, 2.45) is 0 Å². The summed E-state index contributed by atoms with van der Waals surface area (Å²) in [5, 5.41) is 11.9. The van der Waals surface area contributed by atoms with Gasteiger partial charge in [-0.3, -0.25) is 9.48 Å². The number of aromatic nitrogens is 5. The maximum atomic E-state index is 13.2. The fourth-order valence-corrected chi connectivity index (χ4v) is 3.79. The van der Waals surface area contributed by atoms with Crippen molar-refractivity contribution in [3.05, 3.63) is 126 Å². The van der Waals surface area contributed by atoms with E-state index in [0.717, 1.165) is 22.3 Å². The molecule has 0 fully saturated rings. The van der Waals surface area contributed by atoms with Crippen LogP contribution >= 0.6 is 0 Å². The molecule has 7 nitrogen and oxygen atoms in total. The van der Waals surface area contributed by atoms with Gasteiger partial charge < -0.3 is 5.32 Å². The number of hydrogen-bond donors (Lipinski definition) is 1. The second kappa shape index (κ2) is 9.95. The smallest absolute Gasteiger partial charge is 0.255 e. The lowest BCUT2D eigenvalue weighted by Crippen LogP contribution is -2.23. The fourth-order valence-electron chi connectivity index (χ4n) is 3.79. The highest BCUT2D eigenvalue weighted by Crippen LogP contribution is 2.22. The second-order valence-corrected chi connectivity index (χ2v) is 8.03. The monoisotopic (exact) mass is 448 g/mol. The lowest BCUT2D eigenvalue weighted by Gasteiger charge is -2.07. The van der Waals surface area contributed by atoms with Crippen molar-refractivity contribution in [2.45, 2.75) is 19.6 Å². The molecule has 5 rings (SSSR count). The van der Waals surface area contributed by atoms with E-state index in [1.807, 2.05) is 83.7 Å². The molecular weight excluding hydrogens is 424 g/mol. The molecule has 7 heteroatoms. The highest BCUT2D eigenvalue weighted by molar-refractivity contribution is 5.99. The molecule has 1 amide bonds. The standard InChI is InChI=1S/C27H24N6O/c34-27(29-15-21-11-13-23(14-12-21)17-33-20-28-19-30-33)25-18-32(16-22-7-3-1-4-8-22)31-26(25)24-9-5-2-6-10-24/h1-14,18-20H,15-17H2,(H,29,34). The molecule has 1 N–H and O–H groups in total. The van der Waals surface area contributed by atoms with Gasteiger partial charge in [0.15, 0.2) is 0 Å². The molecule has 0 aliphatic rings. The minimum Gasteiger partial charge on any atom is -0.348 e. The van der Waals surface area contributed by atoms with Gasteiger partial charge >= 0.3 is 0 Å². The first-order valence-electron chi connectivity index (χ1n) is 11.1. The van der Waals surface area contributed by atoms with Gasteiger partial charge in [-0.25, -0.2) is 9.67 Å². The molecule has 3 aromatic carbocycles. The topological polar surface area (TPSA) is 77.6 Å². The number of nitrogens with zero attached hydrogens (tertiary/aromatic N) is 5. The second-order valence-electron chi connectivity index (χ2n) is 8.03. The van der Waals surface area contributed by atoms with Crippen LogP contribution in [0.4, 0.5) is 0 Å². The summed E-state index contributed by atoms with van der Waals surface area (Å²) in [4.78, 5) is 17.1. The molecule has 0 aliphatic heterocycles. The van der Waals surface area contributed by atoms with Crippen molar-refractivity contribution < 1.29 is 4.79 Å². The van der Waals surface area contributed by atoms with Crippen LogP contribution in [-0.4, -0.2) is 30.5 Å². The molecule has 0 aliphatic carbocycles. The lowest BCUT2D eigenvalue weighted by atomic mass is 10.1. The Morgan fingerprint density at radius 2 is 1.41 bits per heavy atom. The first-order valence-corrected chi connectivity index (χ1v) is 11.1. The molecule has 0 bridgehead atoms. The molecular formula is C27H24N6O. The first-order chi connectivity index (χ1) is 16.7. The predicted octanol–water partition coefficient (Wildman–Crippen LogP) is 4.17. The molecule has 0 saturated heterocycles. The predicted molar refractivity (Wildman–Crippen MR) is 130 cm³/mol. The molecule has 5 aromatic rings. The van der Waals surface area contributed by atoms with Crippen molar-refractivity contribution in [1.82, 2.24) is 29.9 Å². The van der Waals surface area contributed by atoms with Crippen LogP contribution in [0.25, 0.3) is 11.3 Å². The van der Waals surface area contributed by atoms with Gasteiger partial charge in [-0.05, 0) is 16.7 Å². The molecule has 2 heterocycles. The maximum absolute atomic E-state index is 13.2. The number of benzene rings is 3. The van der Waals surface area contributed by atoms with Crippen molar-refractivity contribution >= 4 is 5.91 Å². The number of nitrogens with one attached hydrogen (secondary N) is 1. The van der Waals surface area contributed by atoms with E-state index >= 15 is 0 Å². The number of amides is 1. The number of rotatable bonds is 8. The molecule has 0 unspecified atom stereocenters. The van der Waals surface area contributed by atoms with Gasteiger partial charge in [0.25, 0.3) is 5.91 Å². The normalized spacial score (nSPS) is 10.8. The Balaban J connectivity index is 1.31. The van der Waals surface area contributed by atoms with E-state index in [-0.39, 0.29) is 5.91 Å². The quantitative estimate of drug-likeness (QED) is 0.387. The first kappa shape index (κ1) is 21.3. The third-order valence-corrected chi connectivity index (χ3v) is 5.53. The summed E-state index contributed by atoms with van der Waals surface area (Å²) >= 11 is 0. The Labute approximate surface area is 197 Å². The van der Waals surface area contributed by atoms with Crippen LogP contribution in [0, 0.1) is 0 Å². The van der Waals surface area contributed by atoms with E-state index in [4.69, 9.17) is 5.10 Å². The van der Waals surface area contributed by atoms with Gasteiger partial charge in [-0.15, -0.1) is 0 Å². The summed E-state index contributed by atoms with van der Waals surface area (Å²) in [5.74, 6) is -0.148. The minimum absolute atomic E-state index is 0.148. The Bertz CT molecular complexity index is 1340. The largest absolute Gasteiger partial charge is 0.348 e. The Morgan fingerprint density at radius 3 is 2.12 bits per heavy atom. The van der Waals surface area contributed by atoms with Crippen LogP contribution in [0.15, 0.2) is 104 Å². The fraction of sp³-hybridized carbons (Fsp3) is 0.111. The van der Waals surface area contributed by atoms with Gasteiger partial charge in [0, 0.05) is 18.3 Å². The van der Waals surface area contributed by atoms with Crippen LogP contribution in [0.2, 0.25) is 0 Å². The highest BCUT2D eigenvalue weighted by atomic mass is 16.1. The van der Waals surface area contributed by atoms with E-state index in [9.17, 15) is 4.79 Å². The number of carbonyl (C=O) groups excluding carboxylic acids is 1. The summed E-state index contributed by atoms with van der Waals surface area (Å²) in [6.07, 6.45) is 5.04. The summed E-state index contributed by atoms with van der Waals surface area (Å²) in [7, 11) is 0. The molecule has 0 saturated carbocycles. The Hall–Kier alpha value is -4.52. The Kier molecular flexibility index (Phi) is 6.25. The van der Waals surface area contributed by atoms with Gasteiger partial charge in [0.05, 0.1) is 18.7 Å².